The number of amides is 2. The molecule has 0 aromatic heterocycles. The van der Waals surface area contributed by atoms with Crippen molar-refractivity contribution in [1.82, 2.24) is 20.3 Å². The molecule has 0 saturated heterocycles. The van der Waals surface area contributed by atoms with Gasteiger partial charge in [0.05, 0.1) is 44.5 Å². The van der Waals surface area contributed by atoms with Gasteiger partial charge in [-0.15, -0.1) is 0 Å². The van der Waals surface area contributed by atoms with Gasteiger partial charge >= 0.3 is 0 Å². The maximum absolute atomic E-state index is 12.8. The molecule has 3 rings (SSSR count). The fraction of sp³-hybridized carbons (Fsp3) is 0.533. The van der Waals surface area contributed by atoms with Crippen molar-refractivity contribution < 1.29 is 42.4 Å². The minimum Gasteiger partial charge on any atom is -0.380 e. The van der Waals surface area contributed by atoms with E-state index in [1.807, 2.05) is 25.2 Å². The van der Waals surface area contributed by atoms with E-state index in [1.54, 1.807) is 25.1 Å². The Kier molecular flexibility index (Phi) is 15.6. The van der Waals surface area contributed by atoms with Crippen LogP contribution in [0.2, 0.25) is 10.0 Å². The maximum Gasteiger partial charge on any atom is 0.252 e. The van der Waals surface area contributed by atoms with Gasteiger partial charge in [0, 0.05) is 48.7 Å². The number of hydrogen-bond donors (Lipinski definition) is 5. The Morgan fingerprint density at radius 3 is 2.09 bits per heavy atom. The monoisotopic (exact) mass is 704 g/mol. The third-order valence-corrected chi connectivity index (χ3v) is 9.13. The van der Waals surface area contributed by atoms with Crippen molar-refractivity contribution in [3.05, 3.63) is 63.1 Å². The number of benzene rings is 2. The minimum absolute atomic E-state index is 0.00688. The lowest BCUT2D eigenvalue weighted by atomic mass is 9.85. The van der Waals surface area contributed by atoms with Crippen molar-refractivity contribution in [1.29, 1.82) is 0 Å². The van der Waals surface area contributed by atoms with Crippen molar-refractivity contribution in [2.24, 2.45) is 0 Å². The molecule has 0 aliphatic carbocycles. The lowest BCUT2D eigenvalue weighted by Gasteiger charge is -2.33. The first-order chi connectivity index (χ1) is 21.9. The number of hydrogen-bond acceptors (Lipinski definition) is 10. The summed E-state index contributed by atoms with van der Waals surface area (Å²) in [7, 11) is -1.71. The van der Waals surface area contributed by atoms with Gasteiger partial charge in [-0.1, -0.05) is 35.3 Å². The van der Waals surface area contributed by atoms with E-state index in [4.69, 9.17) is 37.4 Å². The molecule has 13 nitrogen and oxygen atoms in total. The number of carbonyl (C=O) groups is 2. The number of aliphatic hydroxyl groups excluding tert-OH is 2. The molecular weight excluding hydrogens is 663 g/mol. The number of nitrogens with one attached hydrogen (secondary N) is 3. The van der Waals surface area contributed by atoms with E-state index in [0.717, 1.165) is 23.2 Å². The van der Waals surface area contributed by atoms with Crippen LogP contribution >= 0.6 is 23.2 Å². The predicted molar refractivity (Wildman–Crippen MR) is 172 cm³/mol. The fourth-order valence-corrected chi connectivity index (χ4v) is 6.38. The Hall–Kier alpha value is -2.37. The van der Waals surface area contributed by atoms with Crippen molar-refractivity contribution in [2.75, 3.05) is 72.9 Å². The summed E-state index contributed by atoms with van der Waals surface area (Å²) in [6, 6.07) is 10.5. The number of likely N-dealkylation sites (N-methyl/N-ethyl adjacent to an activating group) is 2. The number of ether oxygens (including phenoxy) is 3. The zero-order valence-electron chi connectivity index (χ0n) is 25.8. The number of sulfonamides is 1. The van der Waals surface area contributed by atoms with E-state index in [-0.39, 0.29) is 70.1 Å². The lowest BCUT2D eigenvalue weighted by Crippen LogP contribution is -2.49. The Labute approximate surface area is 279 Å². The number of nitrogens with zero attached hydrogens (tertiary/aromatic N) is 1. The standard InChI is InChI=1S/C30H42Cl2N4O9S/c1-3-33-29(39)27(37)28(38)30(40)34-8-10-43-12-14-45-15-13-44-11-9-35-46(41,42)22-6-4-20(5-7-22)24-18-36(2)19-25-23(24)16-21(31)17-26(25)32/h4-7,16-17,24,27-28,35,37-38H,3,8-15,18-19H2,1-2H3,(H,33,39)(H,34,40). The average Bonchev–Trinajstić information content (AvgIpc) is 3.02. The molecule has 0 bridgehead atoms. The zero-order valence-corrected chi connectivity index (χ0v) is 28.2. The number of carbonyl (C=O) groups excluding carboxylic acids is 2. The van der Waals surface area contributed by atoms with Crippen molar-refractivity contribution >= 4 is 45.0 Å². The smallest absolute Gasteiger partial charge is 0.252 e. The second-order valence-corrected chi connectivity index (χ2v) is 13.2. The largest absolute Gasteiger partial charge is 0.380 e. The molecule has 256 valence electrons. The van der Waals surface area contributed by atoms with Crippen LogP contribution in [-0.4, -0.2) is 120 Å². The molecule has 16 heteroatoms. The van der Waals surface area contributed by atoms with E-state index in [9.17, 15) is 28.2 Å². The summed E-state index contributed by atoms with van der Waals surface area (Å²) in [5, 5.41) is 25.2. The summed E-state index contributed by atoms with van der Waals surface area (Å²) in [4.78, 5) is 25.6. The molecule has 3 atom stereocenters. The van der Waals surface area contributed by atoms with Crippen LogP contribution in [-0.2, 0) is 40.4 Å². The molecule has 0 radical (unpaired) electrons. The van der Waals surface area contributed by atoms with Crippen molar-refractivity contribution in [3.8, 4) is 0 Å². The first kappa shape index (κ1) is 38.1. The predicted octanol–water partition coefficient (Wildman–Crippen LogP) is 0.873. The van der Waals surface area contributed by atoms with Crippen LogP contribution in [0.3, 0.4) is 0 Å². The zero-order chi connectivity index (χ0) is 33.7. The molecule has 1 heterocycles. The van der Waals surface area contributed by atoms with Gasteiger partial charge in [-0.05, 0) is 54.9 Å². The third kappa shape index (κ3) is 11.4. The van der Waals surface area contributed by atoms with Crippen LogP contribution in [0, 0.1) is 0 Å². The average molecular weight is 706 g/mol. The van der Waals surface area contributed by atoms with Crippen LogP contribution in [0.1, 0.15) is 29.5 Å². The normalized spacial score (nSPS) is 16.4. The van der Waals surface area contributed by atoms with Gasteiger partial charge in [-0.2, -0.15) is 0 Å². The lowest BCUT2D eigenvalue weighted by molar-refractivity contribution is -0.146. The SMILES string of the molecule is CCNC(=O)C(O)C(O)C(=O)NCCOCCOCCOCCNS(=O)(=O)c1ccc(C2CN(C)Cc3c(Cl)cc(Cl)cc32)cc1. The topological polar surface area (TPSA) is 176 Å². The molecule has 5 N–H and O–H groups in total. The number of halogens is 2. The minimum atomic E-state index is -3.73. The molecule has 46 heavy (non-hydrogen) atoms. The Morgan fingerprint density at radius 2 is 1.48 bits per heavy atom. The molecule has 2 amide bonds. The van der Waals surface area contributed by atoms with Gasteiger partial charge in [0.1, 0.15) is 0 Å². The molecule has 0 fully saturated rings. The Morgan fingerprint density at radius 1 is 0.913 bits per heavy atom. The van der Waals surface area contributed by atoms with Crippen molar-refractivity contribution in [2.45, 2.75) is 36.5 Å². The molecule has 3 unspecified atom stereocenters. The van der Waals surface area contributed by atoms with Gasteiger partial charge < -0.3 is 40.0 Å². The highest BCUT2D eigenvalue weighted by Gasteiger charge is 2.30. The quantitative estimate of drug-likeness (QED) is 0.132. The fourth-order valence-electron chi connectivity index (χ4n) is 4.80. The third-order valence-electron chi connectivity index (χ3n) is 7.10. The molecule has 2 aromatic carbocycles. The van der Waals surface area contributed by atoms with Crippen LogP contribution in [0.4, 0.5) is 0 Å². The van der Waals surface area contributed by atoms with E-state index in [2.05, 4.69) is 20.3 Å². The van der Waals surface area contributed by atoms with E-state index < -0.39 is 34.0 Å². The first-order valence-corrected chi connectivity index (χ1v) is 17.1. The van der Waals surface area contributed by atoms with Gasteiger partial charge in [-0.25, -0.2) is 13.1 Å². The molecule has 0 spiro atoms. The number of aliphatic hydroxyl groups is 2. The summed E-state index contributed by atoms with van der Waals surface area (Å²) in [5.74, 6) is -1.71. The Bertz CT molecular complexity index is 1400. The summed E-state index contributed by atoms with van der Waals surface area (Å²) in [6.45, 7) is 4.85. The van der Waals surface area contributed by atoms with Gasteiger partial charge in [-0.3, -0.25) is 9.59 Å². The molecule has 2 aromatic rings. The molecular formula is C30H42Cl2N4O9S. The molecule has 1 aliphatic rings. The summed E-state index contributed by atoms with van der Waals surface area (Å²) < 4.78 is 44.2. The van der Waals surface area contributed by atoms with E-state index >= 15 is 0 Å². The summed E-state index contributed by atoms with van der Waals surface area (Å²) in [6.07, 6.45) is -3.74. The highest BCUT2D eigenvalue weighted by molar-refractivity contribution is 7.89. The highest BCUT2D eigenvalue weighted by Crippen LogP contribution is 2.38. The number of fused-ring (bicyclic) bond motifs is 1. The highest BCUT2D eigenvalue weighted by atomic mass is 35.5. The van der Waals surface area contributed by atoms with Gasteiger partial charge in [0.2, 0.25) is 10.0 Å². The van der Waals surface area contributed by atoms with Crippen LogP contribution in [0.5, 0.6) is 0 Å². The summed E-state index contributed by atoms with van der Waals surface area (Å²) in [5.41, 5.74) is 3.04. The van der Waals surface area contributed by atoms with E-state index in [0.29, 0.717) is 16.6 Å². The van der Waals surface area contributed by atoms with Gasteiger partial charge in [0.15, 0.2) is 12.2 Å². The second kappa shape index (κ2) is 18.8. The molecule has 0 saturated carbocycles. The summed E-state index contributed by atoms with van der Waals surface area (Å²) >= 11 is 12.7. The van der Waals surface area contributed by atoms with Crippen LogP contribution < -0.4 is 15.4 Å². The number of rotatable bonds is 19. The maximum atomic E-state index is 12.8. The molecule has 1 aliphatic heterocycles. The Balaban J connectivity index is 1.27. The van der Waals surface area contributed by atoms with Gasteiger partial charge in [0.25, 0.3) is 11.8 Å². The second-order valence-electron chi connectivity index (χ2n) is 10.6. The first-order valence-electron chi connectivity index (χ1n) is 14.8. The van der Waals surface area contributed by atoms with Crippen LogP contribution in [0.25, 0.3) is 0 Å². The van der Waals surface area contributed by atoms with Crippen LogP contribution in [0.15, 0.2) is 41.3 Å². The van der Waals surface area contributed by atoms with Crippen molar-refractivity contribution in [3.63, 3.8) is 0 Å². The van der Waals surface area contributed by atoms with E-state index in [1.165, 1.54) is 0 Å².